The first kappa shape index (κ1) is 38.0. The number of allylic oxidation sites excluding steroid dienone is 4. The van der Waals surface area contributed by atoms with Crippen molar-refractivity contribution in [3.63, 3.8) is 0 Å². The zero-order valence-corrected chi connectivity index (χ0v) is 32.1. The fraction of sp³-hybridized carbons (Fsp3) is 0.425. The summed E-state index contributed by atoms with van der Waals surface area (Å²) in [6, 6.07) is 0. The van der Waals surface area contributed by atoms with Crippen molar-refractivity contribution < 1.29 is 28.7 Å². The minimum atomic E-state index is -1.24. The van der Waals surface area contributed by atoms with Gasteiger partial charge >= 0.3 is 35.0 Å². The number of hydrogen-bond acceptors (Lipinski definition) is 6. The van der Waals surface area contributed by atoms with Gasteiger partial charge in [0.25, 0.3) is 0 Å². The van der Waals surface area contributed by atoms with Crippen LogP contribution in [0.2, 0.25) is 0 Å². The summed E-state index contributed by atoms with van der Waals surface area (Å²) in [6.45, 7) is 17.3. The second kappa shape index (κ2) is 14.8. The van der Waals surface area contributed by atoms with Crippen molar-refractivity contribution in [3.05, 3.63) is 97.0 Å². The number of Topliss-reactive ketones (excluding diaryl/α,β-unsaturated/α-hetero) is 2. The summed E-state index contributed by atoms with van der Waals surface area (Å²) in [4.78, 5) is 63.4. The molecule has 11 heteroatoms. The summed E-state index contributed by atoms with van der Waals surface area (Å²) in [5.74, 6) is -3.26. The Morgan fingerprint density at radius 1 is 0.902 bits per heavy atom. The summed E-state index contributed by atoms with van der Waals surface area (Å²) in [5.41, 5.74) is 8.52. The predicted octanol–water partition coefficient (Wildman–Crippen LogP) is 7.27. The number of rotatable bonds is 9. The van der Waals surface area contributed by atoms with Crippen LogP contribution in [0.1, 0.15) is 108 Å². The molecular formula is C40H43MgN4O6-3. The van der Waals surface area contributed by atoms with Crippen LogP contribution in [-0.4, -0.2) is 60.3 Å². The van der Waals surface area contributed by atoms with Gasteiger partial charge in [-0.1, -0.05) is 69.0 Å². The third kappa shape index (κ3) is 6.66. The second-order valence-corrected chi connectivity index (χ2v) is 13.8. The van der Waals surface area contributed by atoms with E-state index in [9.17, 15) is 19.2 Å². The average Bonchev–Trinajstić information content (AvgIpc) is 3.80. The van der Waals surface area contributed by atoms with Crippen LogP contribution in [0.3, 0.4) is 0 Å². The fourth-order valence-electron chi connectivity index (χ4n) is 7.79. The van der Waals surface area contributed by atoms with Crippen molar-refractivity contribution in [2.75, 3.05) is 13.7 Å². The summed E-state index contributed by atoms with van der Waals surface area (Å²) >= 11 is 0. The summed E-state index contributed by atoms with van der Waals surface area (Å²) < 4.78 is 10.6. The van der Waals surface area contributed by atoms with Crippen molar-refractivity contribution >= 4 is 70.4 Å². The van der Waals surface area contributed by atoms with Crippen LogP contribution in [-0.2, 0) is 19.1 Å². The molecule has 4 aliphatic rings. The summed E-state index contributed by atoms with van der Waals surface area (Å²) in [5, 5.41) is 10.2. The molecule has 0 amide bonds. The van der Waals surface area contributed by atoms with E-state index in [4.69, 9.17) is 30.1 Å². The number of fused-ring (bicyclic) bond motifs is 7. The summed E-state index contributed by atoms with van der Waals surface area (Å²) in [7, 11) is 1.26. The van der Waals surface area contributed by atoms with Crippen LogP contribution < -0.4 is 9.97 Å². The number of esters is 2. The van der Waals surface area contributed by atoms with Crippen LogP contribution in [0.25, 0.3) is 34.4 Å². The van der Waals surface area contributed by atoms with Gasteiger partial charge in [0.2, 0.25) is 0 Å². The second-order valence-electron chi connectivity index (χ2n) is 13.8. The van der Waals surface area contributed by atoms with Crippen LogP contribution in [0.4, 0.5) is 0 Å². The molecule has 5 atom stereocenters. The SMILES string of the molecule is C=C(C)[CH-]COC(=O)CC[C@@H]1/C2=C3/c4[n-]c(c(C)c4C(=O)[C@@H]3C(=O)OC)/C=C3\[N-]/C(=C\c4[n-]c(c(C)c4C(C)=O)/C=C(\[N-]2)[C@H]1C)[C@H](C)[C@H]3CC.[Mg+2]. The Balaban J connectivity index is 0.00000504. The van der Waals surface area contributed by atoms with E-state index in [1.807, 2.05) is 45.9 Å². The van der Waals surface area contributed by atoms with Gasteiger partial charge in [-0.05, 0) is 50.9 Å². The molecule has 0 aromatic carbocycles. The van der Waals surface area contributed by atoms with Gasteiger partial charge in [0.15, 0.2) is 11.6 Å². The maximum Gasteiger partial charge on any atom is 2.00 e. The molecule has 3 aliphatic heterocycles. The first-order valence-electron chi connectivity index (χ1n) is 17.2. The van der Waals surface area contributed by atoms with Crippen LogP contribution >= 0.6 is 0 Å². The topological polar surface area (TPSA) is 143 Å². The molecule has 10 nitrogen and oxygen atoms in total. The average molecular weight is 700 g/mol. The summed E-state index contributed by atoms with van der Waals surface area (Å²) in [6.07, 6.45) is 8.71. The number of methoxy groups -OCH3 is 1. The van der Waals surface area contributed by atoms with E-state index in [1.165, 1.54) is 14.0 Å². The monoisotopic (exact) mass is 699 g/mol. The molecule has 264 valence electrons. The number of carbonyl (C=O) groups excluding carboxylic acids is 4. The first-order chi connectivity index (χ1) is 23.8. The number of aromatic nitrogens is 2. The predicted molar refractivity (Wildman–Crippen MR) is 197 cm³/mol. The van der Waals surface area contributed by atoms with Crippen LogP contribution in [0.5, 0.6) is 0 Å². The van der Waals surface area contributed by atoms with Gasteiger partial charge in [-0.15, -0.1) is 22.8 Å². The van der Waals surface area contributed by atoms with Crippen LogP contribution in [0.15, 0.2) is 34.9 Å². The van der Waals surface area contributed by atoms with Gasteiger partial charge in [0.05, 0.1) is 7.11 Å². The molecule has 1 aliphatic carbocycles. The molecule has 0 unspecified atom stereocenters. The molecule has 2 aromatic heterocycles. The Morgan fingerprint density at radius 3 is 2.18 bits per heavy atom. The quantitative estimate of drug-likeness (QED) is 0.0875. The molecule has 6 rings (SSSR count). The molecule has 2 saturated heterocycles. The van der Waals surface area contributed by atoms with Crippen LogP contribution in [0, 0.1) is 49.9 Å². The largest absolute Gasteiger partial charge is 2.00 e. The normalized spacial score (nSPS) is 27.5. The Kier molecular flexibility index (Phi) is 11.0. The van der Waals surface area contributed by atoms with Gasteiger partial charge in [-0.3, -0.25) is 19.2 Å². The van der Waals surface area contributed by atoms with E-state index in [1.54, 1.807) is 6.42 Å². The van der Waals surface area contributed by atoms with E-state index in [0.29, 0.717) is 62.9 Å². The molecule has 5 heterocycles. The molecule has 0 spiro atoms. The Hall–Kier alpha value is -4.22. The van der Waals surface area contributed by atoms with Crippen molar-refractivity contribution in [2.45, 2.75) is 67.7 Å². The third-order valence-electron chi connectivity index (χ3n) is 10.6. The molecule has 0 saturated carbocycles. The molecular weight excluding hydrogens is 657 g/mol. The minimum absolute atomic E-state index is 0. The van der Waals surface area contributed by atoms with Crippen molar-refractivity contribution in [3.8, 4) is 0 Å². The van der Waals surface area contributed by atoms with Crippen molar-refractivity contribution in [1.29, 1.82) is 0 Å². The van der Waals surface area contributed by atoms with Gasteiger partial charge in [0.1, 0.15) is 5.92 Å². The Labute approximate surface area is 315 Å². The maximum absolute atomic E-state index is 14.2. The number of hydrogen-bond donors (Lipinski definition) is 0. The fourth-order valence-corrected chi connectivity index (χ4v) is 7.79. The van der Waals surface area contributed by atoms with Gasteiger partial charge in [0, 0.05) is 24.2 Å². The standard InChI is InChI=1S/C40H45N4O6.Mg/c1-10-24-19(4)26-17-31-33(23(8)45)21(6)28(42-31)15-27-20(5)25(11-12-32(46)50-14-13-18(2)3)37(43-27)35-36(40(48)49-9)39(47)34-22(7)29(44-38(34)35)16-30(24)41-26;/h13,15-17,19-20,24-25,36H,2,10-12,14H2,1,3-9H3,(H2-2,41,42,43,44,45,47);/q-3;+2/p-2/b27-15-,30-16-;/t19-,20+,24-,25+,36-;/m1./s1. The zero-order chi connectivity index (χ0) is 36.2. The van der Waals surface area contributed by atoms with E-state index in [-0.39, 0.29) is 77.3 Å². The Bertz CT molecular complexity index is 1960. The van der Waals surface area contributed by atoms with E-state index in [2.05, 4.69) is 20.4 Å². The molecule has 8 bridgehead atoms. The first-order valence-corrected chi connectivity index (χ1v) is 17.2. The zero-order valence-electron chi connectivity index (χ0n) is 30.7. The molecule has 2 aromatic rings. The number of ketones is 2. The van der Waals surface area contributed by atoms with E-state index in [0.717, 1.165) is 29.0 Å². The van der Waals surface area contributed by atoms with Crippen molar-refractivity contribution in [2.24, 2.45) is 29.6 Å². The number of carbonyl (C=O) groups is 4. The van der Waals surface area contributed by atoms with Crippen molar-refractivity contribution in [1.82, 2.24) is 9.97 Å². The molecule has 2 fully saturated rings. The van der Waals surface area contributed by atoms with E-state index < -0.39 is 11.9 Å². The third-order valence-corrected chi connectivity index (χ3v) is 10.6. The van der Waals surface area contributed by atoms with Gasteiger partial charge in [-0.25, -0.2) is 12.2 Å². The molecule has 0 N–H and O–H groups in total. The van der Waals surface area contributed by atoms with Gasteiger partial charge in [-0.2, -0.15) is 29.2 Å². The molecule has 0 radical (unpaired) electrons. The van der Waals surface area contributed by atoms with E-state index >= 15 is 0 Å². The van der Waals surface area contributed by atoms with Gasteiger partial charge < -0.3 is 30.1 Å². The number of nitrogens with zero attached hydrogens (tertiary/aromatic N) is 4. The maximum atomic E-state index is 14.2. The smallest absolute Gasteiger partial charge is 0.664 e. The number of ether oxygens (including phenoxy) is 2. The minimum Gasteiger partial charge on any atom is -0.664 e. The Morgan fingerprint density at radius 2 is 1.53 bits per heavy atom. The molecule has 51 heavy (non-hydrogen) atoms.